The number of aromatic nitrogens is 2. The van der Waals surface area contributed by atoms with Crippen LogP contribution in [0.25, 0.3) is 0 Å². The maximum atomic E-state index is 10.8. The highest BCUT2D eigenvalue weighted by molar-refractivity contribution is 5.85. The van der Waals surface area contributed by atoms with Crippen molar-refractivity contribution in [3.8, 4) is 5.75 Å². The van der Waals surface area contributed by atoms with Gasteiger partial charge in [0, 0.05) is 6.42 Å². The van der Waals surface area contributed by atoms with Gasteiger partial charge < -0.3 is 15.2 Å². The monoisotopic (exact) mass is 271 g/mol. The molecule has 3 rings (SSSR count). The molecule has 0 spiro atoms. The largest absolute Gasteiger partial charge is 0.488 e. The molecular weight excluding hydrogens is 258 g/mol. The maximum absolute atomic E-state index is 10.8. The molecular formula is C14H13N3O3. The minimum Gasteiger partial charge on any atom is -0.488 e. The first-order chi connectivity index (χ1) is 9.72. The van der Waals surface area contributed by atoms with E-state index in [1.165, 1.54) is 18.0 Å². The lowest BCUT2D eigenvalue weighted by molar-refractivity contribution is 0.0690. The fraction of sp³-hybridized carbons (Fsp3) is 0.214. The first-order valence-electron chi connectivity index (χ1n) is 6.26. The molecule has 0 amide bonds. The third-order valence-corrected chi connectivity index (χ3v) is 3.08. The van der Waals surface area contributed by atoms with Crippen molar-refractivity contribution in [2.75, 3.05) is 11.9 Å². The highest BCUT2D eigenvalue weighted by Gasteiger charge is 2.22. The number of hydrogen-bond donors (Lipinski definition) is 2. The number of nitrogens with zero attached hydrogens (tertiary/aromatic N) is 2. The summed E-state index contributed by atoms with van der Waals surface area (Å²) in [6.45, 7) is 0.548. The van der Waals surface area contributed by atoms with Gasteiger partial charge in [-0.3, -0.25) is 4.98 Å². The molecule has 2 aromatic rings. The van der Waals surface area contributed by atoms with E-state index in [1.54, 1.807) is 0 Å². The number of hydrogen-bond acceptors (Lipinski definition) is 5. The second-order valence-electron chi connectivity index (χ2n) is 4.53. The van der Waals surface area contributed by atoms with Crippen LogP contribution in [0.5, 0.6) is 5.75 Å². The summed E-state index contributed by atoms with van der Waals surface area (Å²) in [7, 11) is 0. The van der Waals surface area contributed by atoms with Crippen molar-refractivity contribution in [1.82, 2.24) is 9.97 Å². The fourth-order valence-corrected chi connectivity index (χ4v) is 2.14. The Labute approximate surface area is 115 Å². The van der Waals surface area contributed by atoms with E-state index in [-0.39, 0.29) is 11.8 Å². The topological polar surface area (TPSA) is 84.3 Å². The molecule has 1 atom stereocenters. The predicted octanol–water partition coefficient (Wildman–Crippen LogP) is 1.59. The third-order valence-electron chi connectivity index (χ3n) is 3.08. The summed E-state index contributed by atoms with van der Waals surface area (Å²) in [6, 6.07) is 7.91. The zero-order valence-corrected chi connectivity index (χ0v) is 10.6. The van der Waals surface area contributed by atoms with Gasteiger partial charge in [-0.2, -0.15) is 0 Å². The number of nitrogens with one attached hydrogen (secondary N) is 1. The van der Waals surface area contributed by atoms with Gasteiger partial charge in [-0.05, 0) is 11.6 Å². The smallest absolute Gasteiger partial charge is 0.356 e. The summed E-state index contributed by atoms with van der Waals surface area (Å²) in [6.07, 6.45) is 3.56. The SMILES string of the molecule is O=C(O)c1cncc(NCC2Cc3ccccc3O2)n1. The van der Waals surface area contributed by atoms with Crippen LogP contribution in [-0.4, -0.2) is 33.7 Å². The van der Waals surface area contributed by atoms with Gasteiger partial charge in [0.15, 0.2) is 5.69 Å². The zero-order valence-electron chi connectivity index (χ0n) is 10.6. The summed E-state index contributed by atoms with van der Waals surface area (Å²) in [5.41, 5.74) is 1.11. The molecule has 1 aliphatic heterocycles. The minimum absolute atomic E-state index is 0.0164. The highest BCUT2D eigenvalue weighted by Crippen LogP contribution is 2.28. The number of fused-ring (bicyclic) bond motifs is 1. The van der Waals surface area contributed by atoms with Gasteiger partial charge in [-0.25, -0.2) is 9.78 Å². The number of carboxylic acid groups (broad SMARTS) is 1. The number of carboxylic acids is 1. The summed E-state index contributed by atoms with van der Waals surface area (Å²) < 4.78 is 5.78. The van der Waals surface area contributed by atoms with E-state index in [0.717, 1.165) is 12.2 Å². The fourth-order valence-electron chi connectivity index (χ4n) is 2.14. The van der Waals surface area contributed by atoms with E-state index in [1.807, 2.05) is 24.3 Å². The summed E-state index contributed by atoms with van der Waals surface area (Å²) >= 11 is 0. The van der Waals surface area contributed by atoms with E-state index in [2.05, 4.69) is 15.3 Å². The van der Waals surface area contributed by atoms with Gasteiger partial charge >= 0.3 is 5.97 Å². The molecule has 20 heavy (non-hydrogen) atoms. The number of para-hydroxylation sites is 1. The molecule has 6 heteroatoms. The molecule has 0 saturated carbocycles. The van der Waals surface area contributed by atoms with Crippen molar-refractivity contribution < 1.29 is 14.6 Å². The van der Waals surface area contributed by atoms with Gasteiger partial charge in [0.2, 0.25) is 0 Å². The van der Waals surface area contributed by atoms with Gasteiger partial charge in [0.1, 0.15) is 17.7 Å². The molecule has 102 valence electrons. The van der Waals surface area contributed by atoms with E-state index in [0.29, 0.717) is 12.4 Å². The van der Waals surface area contributed by atoms with Crippen molar-refractivity contribution in [3.63, 3.8) is 0 Å². The van der Waals surface area contributed by atoms with Crippen LogP contribution >= 0.6 is 0 Å². The number of anilines is 1. The Hall–Kier alpha value is -2.63. The first-order valence-corrected chi connectivity index (χ1v) is 6.26. The average Bonchev–Trinajstić information content (AvgIpc) is 2.88. The van der Waals surface area contributed by atoms with Crippen molar-refractivity contribution in [1.29, 1.82) is 0 Å². The molecule has 1 aromatic carbocycles. The Kier molecular flexibility index (Phi) is 3.20. The van der Waals surface area contributed by atoms with Crippen LogP contribution in [0.3, 0.4) is 0 Å². The zero-order chi connectivity index (χ0) is 13.9. The van der Waals surface area contributed by atoms with Crippen LogP contribution in [0.2, 0.25) is 0 Å². The van der Waals surface area contributed by atoms with E-state index in [9.17, 15) is 4.79 Å². The highest BCUT2D eigenvalue weighted by atomic mass is 16.5. The average molecular weight is 271 g/mol. The van der Waals surface area contributed by atoms with Crippen LogP contribution in [-0.2, 0) is 6.42 Å². The molecule has 2 heterocycles. The Morgan fingerprint density at radius 1 is 1.40 bits per heavy atom. The predicted molar refractivity (Wildman–Crippen MR) is 72.0 cm³/mol. The molecule has 6 nitrogen and oxygen atoms in total. The third kappa shape index (κ3) is 2.54. The standard InChI is InChI=1S/C14H13N3O3/c18-14(19)11-7-15-8-13(17-11)16-6-10-5-9-3-1-2-4-12(9)20-10/h1-4,7-8,10H,5-6H2,(H,16,17)(H,18,19). The summed E-state index contributed by atoms with van der Waals surface area (Å²) in [5, 5.41) is 11.9. The lowest BCUT2D eigenvalue weighted by Crippen LogP contribution is -2.24. The van der Waals surface area contributed by atoms with Crippen LogP contribution < -0.4 is 10.1 Å². The summed E-state index contributed by atoms with van der Waals surface area (Å²) in [5.74, 6) is 0.250. The normalized spacial score (nSPS) is 16.3. The number of benzene rings is 1. The number of carbonyl (C=O) groups is 1. The Morgan fingerprint density at radius 3 is 3.05 bits per heavy atom. The van der Waals surface area contributed by atoms with Crippen LogP contribution in [0, 0.1) is 0 Å². The van der Waals surface area contributed by atoms with Crippen molar-refractivity contribution in [2.24, 2.45) is 0 Å². The second-order valence-corrected chi connectivity index (χ2v) is 4.53. The Balaban J connectivity index is 1.61. The van der Waals surface area contributed by atoms with Gasteiger partial charge in [-0.1, -0.05) is 18.2 Å². The van der Waals surface area contributed by atoms with Gasteiger partial charge in [-0.15, -0.1) is 0 Å². The molecule has 2 N–H and O–H groups in total. The van der Waals surface area contributed by atoms with Crippen LogP contribution in [0.15, 0.2) is 36.7 Å². The Morgan fingerprint density at radius 2 is 2.25 bits per heavy atom. The first kappa shape index (κ1) is 12.4. The Bertz CT molecular complexity index is 620. The lowest BCUT2D eigenvalue weighted by Gasteiger charge is -2.12. The molecule has 0 bridgehead atoms. The lowest BCUT2D eigenvalue weighted by atomic mass is 10.1. The number of ether oxygens (including phenoxy) is 1. The van der Waals surface area contributed by atoms with Gasteiger partial charge in [0.05, 0.1) is 18.9 Å². The molecule has 0 radical (unpaired) electrons. The van der Waals surface area contributed by atoms with E-state index >= 15 is 0 Å². The van der Waals surface area contributed by atoms with Crippen molar-refractivity contribution in [2.45, 2.75) is 12.5 Å². The molecule has 0 saturated heterocycles. The summed E-state index contributed by atoms with van der Waals surface area (Å²) in [4.78, 5) is 18.6. The van der Waals surface area contributed by atoms with E-state index < -0.39 is 5.97 Å². The van der Waals surface area contributed by atoms with E-state index in [4.69, 9.17) is 9.84 Å². The van der Waals surface area contributed by atoms with Gasteiger partial charge in [0.25, 0.3) is 0 Å². The minimum atomic E-state index is -1.09. The molecule has 0 aliphatic carbocycles. The molecule has 1 aromatic heterocycles. The quantitative estimate of drug-likeness (QED) is 0.878. The number of aromatic carboxylic acids is 1. The molecule has 1 aliphatic rings. The van der Waals surface area contributed by atoms with Crippen LogP contribution in [0.4, 0.5) is 5.82 Å². The van der Waals surface area contributed by atoms with Crippen molar-refractivity contribution >= 4 is 11.8 Å². The molecule has 1 unspecified atom stereocenters. The molecule has 0 fully saturated rings. The van der Waals surface area contributed by atoms with Crippen molar-refractivity contribution in [3.05, 3.63) is 47.9 Å². The second kappa shape index (κ2) is 5.16. The number of rotatable bonds is 4. The maximum Gasteiger partial charge on any atom is 0.356 e. The van der Waals surface area contributed by atoms with Crippen LogP contribution in [0.1, 0.15) is 16.1 Å².